The normalized spacial score (nSPS) is 23.7. The Labute approximate surface area is 152 Å². The molecule has 1 rings (SSSR count). The first-order chi connectivity index (χ1) is 12.0. The topological polar surface area (TPSA) is 128 Å². The van der Waals surface area contributed by atoms with Crippen LogP contribution in [0.4, 0.5) is 4.79 Å². The van der Waals surface area contributed by atoms with E-state index in [2.05, 4.69) is 5.32 Å². The Morgan fingerprint density at radius 3 is 2.50 bits per heavy atom. The molecular weight excluding hydrogens is 344 g/mol. The summed E-state index contributed by atoms with van der Waals surface area (Å²) in [7, 11) is 1.42. The third kappa shape index (κ3) is 4.81. The molecule has 0 bridgehead atoms. The zero-order valence-corrected chi connectivity index (χ0v) is 15.6. The minimum atomic E-state index is -1.81. The minimum Gasteiger partial charge on any atom is -0.481 e. The molecule has 0 aromatic carbocycles. The summed E-state index contributed by atoms with van der Waals surface area (Å²) in [6.07, 6.45) is 3.15. The molecule has 3 atom stereocenters. The summed E-state index contributed by atoms with van der Waals surface area (Å²) in [4.78, 5) is 35.0. The largest absolute Gasteiger partial charge is 0.481 e. The maximum Gasteiger partial charge on any atom is 0.412 e. The van der Waals surface area contributed by atoms with E-state index in [0.717, 1.165) is 0 Å². The highest BCUT2D eigenvalue weighted by Crippen LogP contribution is 2.37. The first-order valence-corrected chi connectivity index (χ1v) is 8.25. The zero-order valence-electron chi connectivity index (χ0n) is 15.6. The number of carbonyl (C=O) groups is 2. The van der Waals surface area contributed by atoms with Gasteiger partial charge in [0.2, 0.25) is 0 Å². The van der Waals surface area contributed by atoms with E-state index in [-0.39, 0.29) is 12.3 Å². The Morgan fingerprint density at radius 1 is 1.46 bits per heavy atom. The summed E-state index contributed by atoms with van der Waals surface area (Å²) in [5, 5.41) is 23.7. The molecule has 0 saturated carbocycles. The number of nitro groups is 1. The molecule has 2 N–H and O–H groups in total. The van der Waals surface area contributed by atoms with Crippen molar-refractivity contribution in [1.29, 1.82) is 0 Å². The van der Waals surface area contributed by atoms with Gasteiger partial charge in [0.1, 0.15) is 5.60 Å². The van der Waals surface area contributed by atoms with Crippen LogP contribution in [0.15, 0.2) is 23.9 Å². The predicted octanol–water partition coefficient (Wildman–Crippen LogP) is 2.35. The zero-order chi connectivity index (χ0) is 20.1. The van der Waals surface area contributed by atoms with Crippen molar-refractivity contribution in [2.45, 2.75) is 45.3 Å². The molecule has 0 aromatic heterocycles. The highest BCUT2D eigenvalue weighted by Gasteiger charge is 2.54. The Bertz CT molecular complexity index is 621. The van der Waals surface area contributed by atoms with Gasteiger partial charge < -0.3 is 14.6 Å². The van der Waals surface area contributed by atoms with E-state index in [0.29, 0.717) is 6.42 Å². The van der Waals surface area contributed by atoms with Gasteiger partial charge in [-0.15, -0.1) is 0 Å². The van der Waals surface area contributed by atoms with Crippen LogP contribution < -0.4 is 5.32 Å². The smallest absolute Gasteiger partial charge is 0.412 e. The molecule has 1 aliphatic rings. The number of hydrogen-bond donors (Lipinski definition) is 2. The number of carboxylic acids is 1. The number of methoxy groups -OCH3 is 1. The van der Waals surface area contributed by atoms with Crippen LogP contribution in [-0.2, 0) is 14.3 Å². The van der Waals surface area contributed by atoms with Crippen LogP contribution in [0.3, 0.4) is 0 Å². The fourth-order valence-electron chi connectivity index (χ4n) is 2.84. The van der Waals surface area contributed by atoms with Crippen molar-refractivity contribution >= 4 is 12.1 Å². The fraction of sp³-hybridized carbons (Fsp3) is 0.647. The number of amides is 1. The van der Waals surface area contributed by atoms with Gasteiger partial charge in [0.25, 0.3) is 5.54 Å². The molecule has 9 heteroatoms. The molecular formula is C17H26N2O7. The summed E-state index contributed by atoms with van der Waals surface area (Å²) in [6, 6.07) is 0. The lowest BCUT2D eigenvalue weighted by Gasteiger charge is -2.34. The first kappa shape index (κ1) is 21.6. The Balaban J connectivity index is 3.38. The monoisotopic (exact) mass is 370 g/mol. The number of hydrogen-bond acceptors (Lipinski definition) is 6. The Hall–Kier alpha value is -2.42. The van der Waals surface area contributed by atoms with Crippen molar-refractivity contribution < 1.29 is 29.1 Å². The molecule has 0 spiro atoms. The average Bonchev–Trinajstić information content (AvgIpc) is 2.50. The summed E-state index contributed by atoms with van der Waals surface area (Å²) < 4.78 is 10.3. The number of nitrogens with zero attached hydrogens (tertiary/aromatic N) is 1. The van der Waals surface area contributed by atoms with E-state index in [1.54, 1.807) is 27.7 Å². The maximum absolute atomic E-state index is 12.2. The van der Waals surface area contributed by atoms with Gasteiger partial charge in [0, 0.05) is 12.0 Å². The van der Waals surface area contributed by atoms with E-state index < -0.39 is 40.0 Å². The highest BCUT2D eigenvalue weighted by molar-refractivity contribution is 5.77. The number of aliphatic carboxylic acids is 1. The Morgan fingerprint density at radius 2 is 2.08 bits per heavy atom. The maximum atomic E-state index is 12.2. The van der Waals surface area contributed by atoms with Crippen LogP contribution in [0.25, 0.3) is 0 Å². The lowest BCUT2D eigenvalue weighted by atomic mass is 9.75. The van der Waals surface area contributed by atoms with Gasteiger partial charge in [-0.3, -0.25) is 20.2 Å². The summed E-state index contributed by atoms with van der Waals surface area (Å²) in [5.41, 5.74) is -2.75. The van der Waals surface area contributed by atoms with Gasteiger partial charge in [-0.25, -0.2) is 4.79 Å². The summed E-state index contributed by atoms with van der Waals surface area (Å²) in [5.74, 6) is -2.88. The van der Waals surface area contributed by atoms with Crippen molar-refractivity contribution in [2.75, 3.05) is 13.7 Å². The standard InChI is InChI=1S/C17H26N2O7/c1-6-12(10-25-5)17(19(23)24)8-7-11(14(20)21)9-13(17)18-15(22)26-16(2,3)4/h7-9,11-12H,6,10H2,1-5H3,(H,18,22)(H,20,21). The number of nitrogens with one attached hydrogen (secondary N) is 1. The van der Waals surface area contributed by atoms with Crippen molar-refractivity contribution in [2.24, 2.45) is 11.8 Å². The van der Waals surface area contributed by atoms with Crippen LogP contribution in [0.2, 0.25) is 0 Å². The number of rotatable bonds is 7. The fourth-order valence-corrected chi connectivity index (χ4v) is 2.84. The van der Waals surface area contributed by atoms with Crippen molar-refractivity contribution in [3.8, 4) is 0 Å². The summed E-state index contributed by atoms with van der Waals surface area (Å²) >= 11 is 0. The molecule has 0 aliphatic heterocycles. The molecule has 3 unspecified atom stereocenters. The van der Waals surface area contributed by atoms with Crippen LogP contribution in [0.1, 0.15) is 34.1 Å². The minimum absolute atomic E-state index is 0.0624. The van der Waals surface area contributed by atoms with E-state index >= 15 is 0 Å². The number of carboxylic acid groups (broad SMARTS) is 1. The van der Waals surface area contributed by atoms with Crippen molar-refractivity contribution in [3.63, 3.8) is 0 Å². The average molecular weight is 370 g/mol. The molecule has 0 radical (unpaired) electrons. The molecule has 146 valence electrons. The second-order valence-corrected chi connectivity index (χ2v) is 7.07. The van der Waals surface area contributed by atoms with E-state index in [9.17, 15) is 24.8 Å². The van der Waals surface area contributed by atoms with Gasteiger partial charge in [-0.2, -0.15) is 0 Å². The van der Waals surface area contributed by atoms with Crippen molar-refractivity contribution in [1.82, 2.24) is 5.32 Å². The van der Waals surface area contributed by atoms with Gasteiger partial charge in [-0.05, 0) is 39.3 Å². The first-order valence-electron chi connectivity index (χ1n) is 8.25. The van der Waals surface area contributed by atoms with E-state index in [1.807, 2.05) is 0 Å². The lowest BCUT2D eigenvalue weighted by molar-refractivity contribution is -0.556. The van der Waals surface area contributed by atoms with Crippen molar-refractivity contribution in [3.05, 3.63) is 34.0 Å². The van der Waals surface area contributed by atoms with Crippen LogP contribution in [0, 0.1) is 22.0 Å². The van der Waals surface area contributed by atoms with Crippen LogP contribution >= 0.6 is 0 Å². The molecule has 1 aliphatic carbocycles. The van der Waals surface area contributed by atoms with Crippen LogP contribution in [-0.4, -0.2) is 46.9 Å². The molecule has 26 heavy (non-hydrogen) atoms. The molecule has 9 nitrogen and oxygen atoms in total. The SMILES string of the molecule is CCC(COC)C1([N+](=O)[O-])C=CC(C(=O)O)C=C1NC(=O)OC(C)(C)C. The van der Waals surface area contributed by atoms with Gasteiger partial charge in [-0.1, -0.05) is 13.0 Å². The molecule has 0 aromatic rings. The van der Waals surface area contributed by atoms with E-state index in [1.165, 1.54) is 25.3 Å². The number of carbonyl (C=O) groups excluding carboxylic acids is 1. The predicted molar refractivity (Wildman–Crippen MR) is 93.1 cm³/mol. The lowest BCUT2D eigenvalue weighted by Crippen LogP contribution is -2.54. The van der Waals surface area contributed by atoms with Gasteiger partial charge >= 0.3 is 12.1 Å². The van der Waals surface area contributed by atoms with Gasteiger partial charge in [0.05, 0.1) is 24.1 Å². The van der Waals surface area contributed by atoms with Crippen LogP contribution in [0.5, 0.6) is 0 Å². The molecule has 0 fully saturated rings. The number of alkyl carbamates (subject to hydrolysis) is 1. The van der Waals surface area contributed by atoms with Gasteiger partial charge in [0.15, 0.2) is 0 Å². The summed E-state index contributed by atoms with van der Waals surface area (Å²) in [6.45, 7) is 6.79. The molecule has 0 heterocycles. The Kier molecular flexibility index (Phi) is 6.91. The second-order valence-electron chi connectivity index (χ2n) is 7.07. The number of ether oxygens (including phenoxy) is 2. The second kappa shape index (κ2) is 8.31. The third-order valence-corrected chi connectivity index (χ3v) is 4.04. The molecule has 1 amide bonds. The third-order valence-electron chi connectivity index (χ3n) is 4.04. The quantitative estimate of drug-likeness (QED) is 0.400. The van der Waals surface area contributed by atoms with E-state index in [4.69, 9.17) is 9.47 Å². The highest BCUT2D eigenvalue weighted by atomic mass is 16.6. The molecule has 0 saturated heterocycles.